The lowest BCUT2D eigenvalue weighted by atomic mass is 9.93. The molecule has 2 aromatic heterocycles. The van der Waals surface area contributed by atoms with Gasteiger partial charge in [0.2, 0.25) is 5.91 Å². The van der Waals surface area contributed by atoms with E-state index in [9.17, 15) is 4.79 Å². The van der Waals surface area contributed by atoms with Crippen LogP contribution in [0.4, 0.5) is 0 Å². The van der Waals surface area contributed by atoms with E-state index in [0.29, 0.717) is 11.1 Å². The van der Waals surface area contributed by atoms with Gasteiger partial charge in [-0.15, -0.1) is 0 Å². The molecule has 1 amide bonds. The third kappa shape index (κ3) is 3.98. The molecule has 0 aromatic carbocycles. The number of amides is 1. The summed E-state index contributed by atoms with van der Waals surface area (Å²) in [4.78, 5) is 12.3. The van der Waals surface area contributed by atoms with E-state index in [1.165, 1.54) is 6.08 Å². The van der Waals surface area contributed by atoms with Gasteiger partial charge in [-0.25, -0.2) is 0 Å². The molecule has 3 rings (SSSR count). The molecule has 1 unspecified atom stereocenters. The predicted octanol–water partition coefficient (Wildman–Crippen LogP) is 4.30. The van der Waals surface area contributed by atoms with Crippen LogP contribution in [-0.2, 0) is 17.8 Å². The van der Waals surface area contributed by atoms with Crippen LogP contribution >= 0.6 is 11.6 Å². The lowest BCUT2D eigenvalue weighted by molar-refractivity contribution is -0.117. The summed E-state index contributed by atoms with van der Waals surface area (Å²) in [5.41, 5.74) is 2.71. The summed E-state index contributed by atoms with van der Waals surface area (Å²) in [5.74, 6) is 1.30. The van der Waals surface area contributed by atoms with Crippen LogP contribution in [0.3, 0.4) is 0 Å². The Kier molecular flexibility index (Phi) is 5.33. The van der Waals surface area contributed by atoms with Crippen molar-refractivity contribution in [2.45, 2.75) is 52.6 Å². The van der Waals surface area contributed by atoms with E-state index in [0.717, 1.165) is 48.4 Å². The fourth-order valence-corrected chi connectivity index (χ4v) is 3.55. The number of aryl methyl sites for hydroxylation is 2. The summed E-state index contributed by atoms with van der Waals surface area (Å²) in [6.07, 6.45) is 7.85. The second-order valence-electron chi connectivity index (χ2n) is 6.95. The quantitative estimate of drug-likeness (QED) is 0.807. The van der Waals surface area contributed by atoms with Crippen molar-refractivity contribution in [3.05, 3.63) is 46.1 Å². The maximum Gasteiger partial charge on any atom is 0.244 e. The van der Waals surface area contributed by atoms with Gasteiger partial charge in [0.05, 0.1) is 18.0 Å². The third-order valence-electron chi connectivity index (χ3n) is 4.42. The number of hydrogen-bond acceptors (Lipinski definition) is 3. The Morgan fingerprint density at radius 2 is 2.36 bits per heavy atom. The van der Waals surface area contributed by atoms with Gasteiger partial charge in [-0.2, -0.15) is 5.10 Å². The van der Waals surface area contributed by atoms with Crippen LogP contribution in [0.5, 0.6) is 0 Å². The molecular formula is C19H24ClN3O2. The molecular weight excluding hydrogens is 338 g/mol. The largest absolute Gasteiger partial charge is 0.469 e. The molecule has 0 fully saturated rings. The predicted molar refractivity (Wildman–Crippen MR) is 98.4 cm³/mol. The van der Waals surface area contributed by atoms with Crippen LogP contribution < -0.4 is 5.32 Å². The van der Waals surface area contributed by atoms with Crippen LogP contribution in [0.2, 0.25) is 5.15 Å². The van der Waals surface area contributed by atoms with Crippen LogP contribution in [0.15, 0.2) is 22.8 Å². The summed E-state index contributed by atoms with van der Waals surface area (Å²) in [6.45, 7) is 6.89. The maximum atomic E-state index is 12.3. The average molecular weight is 362 g/mol. The molecule has 1 atom stereocenters. The zero-order valence-electron chi connectivity index (χ0n) is 14.9. The molecule has 0 spiro atoms. The van der Waals surface area contributed by atoms with Gasteiger partial charge >= 0.3 is 0 Å². The normalized spacial score (nSPS) is 17.2. The Morgan fingerprint density at radius 1 is 1.56 bits per heavy atom. The van der Waals surface area contributed by atoms with Crippen LogP contribution in [0.25, 0.3) is 6.08 Å². The lowest BCUT2D eigenvalue weighted by Crippen LogP contribution is -2.29. The molecule has 6 heteroatoms. The topological polar surface area (TPSA) is 60.1 Å². The fourth-order valence-electron chi connectivity index (χ4n) is 3.24. The zero-order chi connectivity index (χ0) is 18.0. The van der Waals surface area contributed by atoms with Gasteiger partial charge in [0.15, 0.2) is 0 Å². The second-order valence-corrected chi connectivity index (χ2v) is 7.31. The monoisotopic (exact) mass is 361 g/mol. The minimum atomic E-state index is -0.133. The van der Waals surface area contributed by atoms with Gasteiger partial charge < -0.3 is 9.73 Å². The Hall–Kier alpha value is -2.01. The van der Waals surface area contributed by atoms with Crippen LogP contribution in [0, 0.1) is 12.8 Å². The van der Waals surface area contributed by atoms with E-state index in [1.807, 2.05) is 13.0 Å². The minimum Gasteiger partial charge on any atom is -0.469 e. The Balaban J connectivity index is 1.69. The first-order valence-electron chi connectivity index (χ1n) is 8.73. The number of nitrogens with one attached hydrogen (secondary N) is 1. The highest BCUT2D eigenvalue weighted by Crippen LogP contribution is 2.30. The summed E-state index contributed by atoms with van der Waals surface area (Å²) >= 11 is 6.41. The van der Waals surface area contributed by atoms with Crippen molar-refractivity contribution in [2.24, 2.45) is 5.92 Å². The van der Waals surface area contributed by atoms with Gasteiger partial charge in [-0.3, -0.25) is 9.48 Å². The Labute approximate surface area is 153 Å². The Morgan fingerprint density at radius 3 is 3.12 bits per heavy atom. The van der Waals surface area contributed by atoms with Gasteiger partial charge in [-0.1, -0.05) is 25.4 Å². The highest BCUT2D eigenvalue weighted by molar-refractivity contribution is 6.31. The van der Waals surface area contributed by atoms with Gasteiger partial charge in [0.25, 0.3) is 0 Å². The van der Waals surface area contributed by atoms with Crippen molar-refractivity contribution in [2.75, 3.05) is 0 Å². The zero-order valence-corrected chi connectivity index (χ0v) is 15.6. The van der Waals surface area contributed by atoms with Crippen LogP contribution in [-0.4, -0.2) is 15.7 Å². The maximum absolute atomic E-state index is 12.3. The van der Waals surface area contributed by atoms with Crippen LogP contribution in [0.1, 0.15) is 55.3 Å². The van der Waals surface area contributed by atoms with Gasteiger partial charge in [-0.05, 0) is 37.8 Å². The number of halogens is 1. The van der Waals surface area contributed by atoms with E-state index >= 15 is 0 Å². The van der Waals surface area contributed by atoms with E-state index in [4.69, 9.17) is 16.0 Å². The average Bonchev–Trinajstić information content (AvgIpc) is 3.12. The van der Waals surface area contributed by atoms with Crippen molar-refractivity contribution < 1.29 is 9.21 Å². The van der Waals surface area contributed by atoms with Gasteiger partial charge in [0, 0.05) is 30.2 Å². The minimum absolute atomic E-state index is 0.0138. The number of carbonyl (C=O) groups excluding carboxylic acids is 1. The van der Waals surface area contributed by atoms with E-state index in [2.05, 4.69) is 24.3 Å². The molecule has 2 aromatic rings. The molecule has 1 N–H and O–H groups in total. The lowest BCUT2D eigenvalue weighted by Gasteiger charge is -2.21. The SMILES string of the molecule is Cc1nn(CC(C)C)c(Cl)c1C=CC(=O)NC1CCCc2occc21. The molecule has 0 saturated heterocycles. The Bertz CT molecular complexity index is 789. The van der Waals surface area contributed by atoms with Crippen molar-refractivity contribution in [1.29, 1.82) is 0 Å². The molecule has 0 radical (unpaired) electrons. The summed E-state index contributed by atoms with van der Waals surface area (Å²) in [7, 11) is 0. The van der Waals surface area contributed by atoms with Crippen molar-refractivity contribution in [3.63, 3.8) is 0 Å². The molecule has 1 aliphatic rings. The molecule has 25 heavy (non-hydrogen) atoms. The number of furan rings is 1. The molecule has 0 aliphatic heterocycles. The second kappa shape index (κ2) is 7.48. The number of rotatable bonds is 5. The van der Waals surface area contributed by atoms with Crippen molar-refractivity contribution in [3.8, 4) is 0 Å². The number of fused-ring (bicyclic) bond motifs is 1. The standard InChI is InChI=1S/C19H24ClN3O2/c1-12(2)11-23-19(20)14(13(3)22-23)7-8-18(24)21-16-5-4-6-17-15(16)9-10-25-17/h7-10,12,16H,4-6,11H2,1-3H3,(H,21,24). The molecule has 0 bridgehead atoms. The number of hydrogen-bond donors (Lipinski definition) is 1. The summed E-state index contributed by atoms with van der Waals surface area (Å²) in [5, 5.41) is 8.08. The molecule has 2 heterocycles. The first-order chi connectivity index (χ1) is 12.0. The van der Waals surface area contributed by atoms with Crippen molar-refractivity contribution >= 4 is 23.6 Å². The third-order valence-corrected chi connectivity index (χ3v) is 4.82. The molecule has 5 nitrogen and oxygen atoms in total. The number of carbonyl (C=O) groups is 1. The molecule has 1 aliphatic carbocycles. The van der Waals surface area contributed by atoms with Crippen molar-refractivity contribution in [1.82, 2.24) is 15.1 Å². The highest BCUT2D eigenvalue weighted by atomic mass is 35.5. The number of nitrogens with zero attached hydrogens (tertiary/aromatic N) is 2. The summed E-state index contributed by atoms with van der Waals surface area (Å²) < 4.78 is 7.25. The van der Waals surface area contributed by atoms with E-state index in [1.54, 1.807) is 17.0 Å². The fraction of sp³-hybridized carbons (Fsp3) is 0.474. The first-order valence-corrected chi connectivity index (χ1v) is 9.11. The smallest absolute Gasteiger partial charge is 0.244 e. The number of aromatic nitrogens is 2. The summed E-state index contributed by atoms with van der Waals surface area (Å²) in [6, 6.07) is 1.96. The highest BCUT2D eigenvalue weighted by Gasteiger charge is 2.23. The van der Waals surface area contributed by atoms with E-state index < -0.39 is 0 Å². The molecule has 134 valence electrons. The van der Waals surface area contributed by atoms with Gasteiger partial charge in [0.1, 0.15) is 10.9 Å². The first kappa shape index (κ1) is 17.8. The molecule has 0 saturated carbocycles. The van der Waals surface area contributed by atoms with E-state index in [-0.39, 0.29) is 11.9 Å².